The van der Waals surface area contributed by atoms with Gasteiger partial charge in [-0.2, -0.15) is 0 Å². The molecule has 152 valence electrons. The first kappa shape index (κ1) is 18.3. The number of carbonyl (C=O) groups is 2. The first-order chi connectivity index (χ1) is 15.0. The maximum atomic E-state index is 13.7. The molecule has 2 bridgehead atoms. The van der Waals surface area contributed by atoms with Crippen LogP contribution in [0.25, 0.3) is 0 Å². The van der Waals surface area contributed by atoms with Crippen molar-refractivity contribution in [3.8, 4) is 0 Å². The Morgan fingerprint density at radius 1 is 0.839 bits per heavy atom. The van der Waals surface area contributed by atoms with Crippen molar-refractivity contribution < 1.29 is 14.5 Å². The van der Waals surface area contributed by atoms with Crippen LogP contribution < -0.4 is 4.90 Å². The Kier molecular flexibility index (Phi) is 3.55. The highest BCUT2D eigenvalue weighted by Gasteiger charge is 2.68. The summed E-state index contributed by atoms with van der Waals surface area (Å²) in [6, 6.07) is 21.1. The highest BCUT2D eigenvalue weighted by molar-refractivity contribution is 6.33. The number of amides is 2. The minimum Gasteiger partial charge on any atom is -0.274 e. The number of nitrogens with zero attached hydrogens (tertiary/aromatic N) is 2. The average molecular weight is 431 g/mol. The standard InChI is InChI=1S/C24H15ClN2O4/c25-24-15-9-3-1-7-13(15)19(14-8-2-4-10-16(14)24)20-21(24)23(29)26(22(20)28)17-11-5-6-12-18(17)27(30)31/h1-12,19-21H/t19?,20-,21-,24?/m0/s1. The molecule has 0 N–H and O–H groups in total. The SMILES string of the molecule is O=C1[C@@H]2[C@@H](C(=O)N1c1ccccc1[N+](=O)[O-])C1c3ccccc3C2(Cl)c2ccccc21. The number of halogens is 1. The van der Waals surface area contributed by atoms with E-state index in [2.05, 4.69) is 0 Å². The maximum Gasteiger partial charge on any atom is 0.293 e. The molecule has 3 aliphatic carbocycles. The molecule has 0 saturated carbocycles. The number of nitro groups is 1. The van der Waals surface area contributed by atoms with E-state index >= 15 is 0 Å². The van der Waals surface area contributed by atoms with Gasteiger partial charge in [0.25, 0.3) is 5.69 Å². The van der Waals surface area contributed by atoms with Crippen molar-refractivity contribution in [3.63, 3.8) is 0 Å². The summed E-state index contributed by atoms with van der Waals surface area (Å²) in [6.07, 6.45) is 0. The molecule has 7 heteroatoms. The molecule has 1 aliphatic heterocycles. The number of rotatable bonds is 2. The van der Waals surface area contributed by atoms with Crippen molar-refractivity contribution in [1.82, 2.24) is 0 Å². The van der Waals surface area contributed by atoms with Crippen LogP contribution in [0, 0.1) is 22.0 Å². The Morgan fingerprint density at radius 2 is 1.39 bits per heavy atom. The molecule has 0 spiro atoms. The predicted octanol–water partition coefficient (Wildman–Crippen LogP) is 4.34. The third-order valence-corrected chi connectivity index (χ3v) is 7.48. The molecule has 0 radical (unpaired) electrons. The molecule has 2 atom stereocenters. The van der Waals surface area contributed by atoms with Crippen molar-refractivity contribution in [3.05, 3.63) is 105 Å². The van der Waals surface area contributed by atoms with E-state index in [0.29, 0.717) is 0 Å². The number of anilines is 1. The highest BCUT2D eigenvalue weighted by atomic mass is 35.5. The van der Waals surface area contributed by atoms with Crippen LogP contribution in [0.15, 0.2) is 72.8 Å². The first-order valence-corrected chi connectivity index (χ1v) is 10.3. The molecule has 1 fully saturated rings. The van der Waals surface area contributed by atoms with Gasteiger partial charge in [0.05, 0.1) is 16.8 Å². The second kappa shape index (κ2) is 6.02. The zero-order valence-corrected chi connectivity index (χ0v) is 16.8. The summed E-state index contributed by atoms with van der Waals surface area (Å²) in [7, 11) is 0. The highest BCUT2D eigenvalue weighted by Crippen LogP contribution is 2.66. The summed E-state index contributed by atoms with van der Waals surface area (Å²) in [5.74, 6) is -2.82. The van der Waals surface area contributed by atoms with E-state index in [-0.39, 0.29) is 17.3 Å². The Hall–Kier alpha value is -3.51. The molecule has 4 aliphatic rings. The van der Waals surface area contributed by atoms with Crippen molar-refractivity contribution >= 4 is 34.8 Å². The van der Waals surface area contributed by atoms with Crippen LogP contribution in [0.3, 0.4) is 0 Å². The van der Waals surface area contributed by atoms with Crippen LogP contribution >= 0.6 is 11.6 Å². The fourth-order valence-corrected chi connectivity index (χ4v) is 6.30. The normalized spacial score (nSPS) is 27.6. The molecule has 0 aromatic heterocycles. The van der Waals surface area contributed by atoms with E-state index < -0.39 is 33.4 Å². The Labute approximate surface area is 182 Å². The second-order valence-corrected chi connectivity index (χ2v) is 8.72. The molecule has 1 heterocycles. The Balaban J connectivity index is 1.62. The Bertz CT molecular complexity index is 1270. The largest absolute Gasteiger partial charge is 0.293 e. The van der Waals surface area contributed by atoms with Gasteiger partial charge in [-0.1, -0.05) is 60.7 Å². The summed E-state index contributed by atoms with van der Waals surface area (Å²) in [6.45, 7) is 0. The van der Waals surface area contributed by atoms with Gasteiger partial charge in [0.2, 0.25) is 11.8 Å². The molecular weight excluding hydrogens is 416 g/mol. The van der Waals surface area contributed by atoms with E-state index in [4.69, 9.17) is 11.6 Å². The summed E-state index contributed by atoms with van der Waals surface area (Å²) in [4.78, 5) is 38.2. The fourth-order valence-electron chi connectivity index (χ4n) is 5.72. The number of imide groups is 1. The number of hydrogen-bond donors (Lipinski definition) is 0. The molecule has 6 nitrogen and oxygen atoms in total. The summed E-state index contributed by atoms with van der Waals surface area (Å²) < 4.78 is 0. The van der Waals surface area contributed by atoms with Crippen LogP contribution in [-0.4, -0.2) is 16.7 Å². The van der Waals surface area contributed by atoms with Gasteiger partial charge in [-0.3, -0.25) is 19.7 Å². The molecule has 2 amide bonds. The summed E-state index contributed by atoms with van der Waals surface area (Å²) >= 11 is 7.34. The number of benzene rings is 3. The molecule has 1 saturated heterocycles. The van der Waals surface area contributed by atoms with Gasteiger partial charge in [0, 0.05) is 12.0 Å². The van der Waals surface area contributed by atoms with Crippen molar-refractivity contribution in [2.24, 2.45) is 11.8 Å². The zero-order valence-electron chi connectivity index (χ0n) is 16.1. The lowest BCUT2D eigenvalue weighted by atomic mass is 9.54. The first-order valence-electron chi connectivity index (χ1n) is 9.95. The zero-order chi connectivity index (χ0) is 21.5. The third kappa shape index (κ3) is 2.08. The predicted molar refractivity (Wildman–Crippen MR) is 114 cm³/mol. The molecule has 3 aromatic carbocycles. The smallest absolute Gasteiger partial charge is 0.274 e. The van der Waals surface area contributed by atoms with E-state index in [1.54, 1.807) is 6.07 Å². The van der Waals surface area contributed by atoms with Crippen molar-refractivity contribution in [2.45, 2.75) is 10.8 Å². The van der Waals surface area contributed by atoms with Gasteiger partial charge in [0.15, 0.2) is 0 Å². The van der Waals surface area contributed by atoms with Gasteiger partial charge in [-0.05, 0) is 28.3 Å². The lowest BCUT2D eigenvalue weighted by Crippen LogP contribution is -2.50. The van der Waals surface area contributed by atoms with Crippen molar-refractivity contribution in [1.29, 1.82) is 0 Å². The fraction of sp³-hybridized carbons (Fsp3) is 0.167. The van der Waals surface area contributed by atoms with E-state index in [0.717, 1.165) is 27.2 Å². The van der Waals surface area contributed by atoms with Crippen LogP contribution in [0.1, 0.15) is 28.2 Å². The van der Waals surface area contributed by atoms with Crippen LogP contribution in [0.2, 0.25) is 0 Å². The quantitative estimate of drug-likeness (QED) is 0.262. The molecule has 31 heavy (non-hydrogen) atoms. The van der Waals surface area contributed by atoms with Crippen LogP contribution in [-0.2, 0) is 14.5 Å². The third-order valence-electron chi connectivity index (χ3n) is 6.83. The number of alkyl halides is 1. The number of carbonyl (C=O) groups excluding carboxylic acids is 2. The lowest BCUT2D eigenvalue weighted by Gasteiger charge is -2.50. The molecular formula is C24H15ClN2O4. The maximum absolute atomic E-state index is 13.7. The second-order valence-electron chi connectivity index (χ2n) is 8.13. The molecule has 7 rings (SSSR count). The summed E-state index contributed by atoms with van der Waals surface area (Å²) in [5.41, 5.74) is 3.23. The average Bonchev–Trinajstić information content (AvgIpc) is 3.05. The van der Waals surface area contributed by atoms with Gasteiger partial charge < -0.3 is 0 Å². The molecule has 0 unspecified atom stereocenters. The Morgan fingerprint density at radius 3 is 2.00 bits per heavy atom. The van der Waals surface area contributed by atoms with Crippen LogP contribution in [0.5, 0.6) is 0 Å². The van der Waals surface area contributed by atoms with E-state index in [1.807, 2.05) is 48.5 Å². The number of para-hydroxylation sites is 2. The number of nitro benzene ring substituents is 1. The van der Waals surface area contributed by atoms with E-state index in [1.165, 1.54) is 18.2 Å². The molecule has 3 aromatic rings. The number of hydrogen-bond acceptors (Lipinski definition) is 4. The van der Waals surface area contributed by atoms with Crippen LogP contribution in [0.4, 0.5) is 11.4 Å². The van der Waals surface area contributed by atoms with Gasteiger partial charge in [-0.25, -0.2) is 4.90 Å². The van der Waals surface area contributed by atoms with Gasteiger partial charge in [0.1, 0.15) is 10.6 Å². The van der Waals surface area contributed by atoms with Gasteiger partial charge in [-0.15, -0.1) is 11.6 Å². The monoisotopic (exact) mass is 430 g/mol. The minimum absolute atomic E-state index is 0.00956. The van der Waals surface area contributed by atoms with Crippen molar-refractivity contribution in [2.75, 3.05) is 4.90 Å². The lowest BCUT2D eigenvalue weighted by molar-refractivity contribution is -0.384. The van der Waals surface area contributed by atoms with Gasteiger partial charge >= 0.3 is 0 Å². The summed E-state index contributed by atoms with van der Waals surface area (Å²) in [5, 5.41) is 11.6. The topological polar surface area (TPSA) is 80.5 Å². The van der Waals surface area contributed by atoms with E-state index in [9.17, 15) is 19.7 Å². The minimum atomic E-state index is -1.21.